The number of hydrogen-bond donors (Lipinski definition) is 3. The Hall–Kier alpha value is -1.63. The molecule has 0 aromatic carbocycles. The van der Waals surface area contributed by atoms with Gasteiger partial charge < -0.3 is 26.3 Å². The minimum absolute atomic E-state index is 0.00653. The number of rotatable bonds is 9. The van der Waals surface area contributed by atoms with Gasteiger partial charge in [0.25, 0.3) is 5.91 Å². The third kappa shape index (κ3) is 6.59. The van der Waals surface area contributed by atoms with Crippen LogP contribution in [0.5, 0.6) is 0 Å². The van der Waals surface area contributed by atoms with Gasteiger partial charge in [0, 0.05) is 18.4 Å². The van der Waals surface area contributed by atoms with Gasteiger partial charge in [-0.2, -0.15) is 0 Å². The van der Waals surface area contributed by atoms with Crippen molar-refractivity contribution in [1.29, 1.82) is 0 Å². The molecule has 1 fully saturated rings. The lowest BCUT2D eigenvalue weighted by molar-refractivity contribution is -0.415. The summed E-state index contributed by atoms with van der Waals surface area (Å²) < 4.78 is 0. The standard InChI is InChI=1S/C19H35N3O4/c1-5-12(4)15(20)18(24)21-10-13-6-8-14(9-7-13)17(23)22-16(11(2)3)19(25)26/h11-16H,5-10,20H2,1-4H3,(H,21,24)(H,22,23)(H,25,26)/t12-,13?,14?,15+,16-/m1/s1. The van der Waals surface area contributed by atoms with Gasteiger partial charge >= 0.3 is 0 Å². The molecule has 5 N–H and O–H groups in total. The van der Waals surface area contributed by atoms with Crippen LogP contribution in [0.4, 0.5) is 0 Å². The lowest BCUT2D eigenvalue weighted by Crippen LogP contribution is -2.70. The fraction of sp³-hybridized carbons (Fsp3) is 0.842. The van der Waals surface area contributed by atoms with Crippen molar-refractivity contribution in [2.45, 2.75) is 71.9 Å². The van der Waals surface area contributed by atoms with Crippen molar-refractivity contribution in [2.75, 3.05) is 6.54 Å². The van der Waals surface area contributed by atoms with Crippen LogP contribution in [0.2, 0.25) is 0 Å². The number of carbonyl (C=O) groups excluding carboxylic acids is 3. The van der Waals surface area contributed by atoms with E-state index in [1.54, 1.807) is 13.8 Å². The van der Waals surface area contributed by atoms with Crippen molar-refractivity contribution in [1.82, 2.24) is 10.6 Å². The van der Waals surface area contributed by atoms with Crippen LogP contribution in [0.15, 0.2) is 0 Å². The van der Waals surface area contributed by atoms with Crippen LogP contribution in [-0.4, -0.2) is 36.4 Å². The maximum absolute atomic E-state index is 12.3. The average molecular weight is 370 g/mol. The van der Waals surface area contributed by atoms with Gasteiger partial charge in [-0.3, -0.25) is 9.59 Å². The summed E-state index contributed by atoms with van der Waals surface area (Å²) in [6, 6.07) is -1.19. The Kier molecular flexibility index (Phi) is 9.05. The highest BCUT2D eigenvalue weighted by atomic mass is 16.4. The van der Waals surface area contributed by atoms with Gasteiger partial charge in [0.1, 0.15) is 0 Å². The van der Waals surface area contributed by atoms with Crippen LogP contribution in [0.3, 0.4) is 0 Å². The zero-order valence-electron chi connectivity index (χ0n) is 16.5. The molecule has 0 heterocycles. The number of nitrogens with one attached hydrogen (secondary N) is 2. The summed E-state index contributed by atoms with van der Waals surface area (Å²) in [5.41, 5.74) is 3.95. The number of carboxylic acids is 1. The van der Waals surface area contributed by atoms with Gasteiger partial charge in [-0.25, -0.2) is 0 Å². The predicted molar refractivity (Wildman–Crippen MR) is 96.4 cm³/mol. The molecule has 7 heteroatoms. The minimum atomic E-state index is -1.24. The Morgan fingerprint density at radius 2 is 1.69 bits per heavy atom. The molecule has 1 saturated carbocycles. The van der Waals surface area contributed by atoms with Crippen molar-refractivity contribution in [3.8, 4) is 0 Å². The molecule has 1 aliphatic carbocycles. The zero-order valence-corrected chi connectivity index (χ0v) is 16.5. The molecule has 2 amide bonds. The molecule has 0 aromatic heterocycles. The zero-order chi connectivity index (χ0) is 19.9. The molecule has 1 aliphatic rings. The van der Waals surface area contributed by atoms with Crippen LogP contribution in [0, 0.1) is 23.7 Å². The van der Waals surface area contributed by atoms with Crippen LogP contribution in [0.25, 0.3) is 0 Å². The Labute approximate surface area is 156 Å². The summed E-state index contributed by atoms with van der Waals surface area (Å²) in [5, 5.41) is 16.7. The first-order valence-corrected chi connectivity index (χ1v) is 9.79. The van der Waals surface area contributed by atoms with E-state index in [1.807, 2.05) is 13.8 Å². The number of amides is 2. The van der Waals surface area contributed by atoms with Gasteiger partial charge in [-0.15, -0.1) is 0 Å². The molecule has 1 rings (SSSR count). The molecule has 0 saturated heterocycles. The molecule has 7 nitrogen and oxygen atoms in total. The maximum Gasteiger partial charge on any atom is 0.278 e. The fourth-order valence-electron chi connectivity index (χ4n) is 3.32. The molecule has 0 aliphatic heterocycles. The van der Waals surface area contributed by atoms with E-state index in [4.69, 9.17) is 0 Å². The third-order valence-electron chi connectivity index (χ3n) is 5.67. The lowest BCUT2D eigenvalue weighted by Gasteiger charge is -2.30. The second kappa shape index (κ2) is 10.5. The predicted octanol–water partition coefficient (Wildman–Crippen LogP) is -0.544. The summed E-state index contributed by atoms with van der Waals surface area (Å²) in [4.78, 5) is 35.5. The monoisotopic (exact) mass is 369 g/mol. The third-order valence-corrected chi connectivity index (χ3v) is 5.67. The number of quaternary nitrogens is 1. The van der Waals surface area contributed by atoms with E-state index in [2.05, 4.69) is 16.4 Å². The normalized spacial score (nSPS) is 23.8. The van der Waals surface area contributed by atoms with Gasteiger partial charge in [0.2, 0.25) is 5.91 Å². The first-order valence-electron chi connectivity index (χ1n) is 9.79. The average Bonchev–Trinajstić information content (AvgIpc) is 2.62. The second-order valence-electron chi connectivity index (χ2n) is 8.00. The van der Waals surface area contributed by atoms with E-state index in [0.29, 0.717) is 25.3 Å². The van der Waals surface area contributed by atoms with Crippen LogP contribution >= 0.6 is 0 Å². The maximum atomic E-state index is 12.3. The van der Waals surface area contributed by atoms with Gasteiger partial charge in [-0.05, 0) is 43.9 Å². The highest BCUT2D eigenvalue weighted by molar-refractivity contribution is 5.84. The Balaban J connectivity index is 2.39. The second-order valence-corrected chi connectivity index (χ2v) is 8.00. The Morgan fingerprint density at radius 3 is 2.15 bits per heavy atom. The largest absolute Gasteiger partial charge is 0.548 e. The van der Waals surface area contributed by atoms with Crippen molar-refractivity contribution in [2.24, 2.45) is 23.7 Å². The summed E-state index contributed by atoms with van der Waals surface area (Å²) in [6.45, 7) is 8.18. The van der Waals surface area contributed by atoms with E-state index in [9.17, 15) is 19.5 Å². The molecule has 0 bridgehead atoms. The molecule has 0 unspecified atom stereocenters. The summed E-state index contributed by atoms with van der Waals surface area (Å²) in [7, 11) is 0. The van der Waals surface area contributed by atoms with Gasteiger partial charge in [0.15, 0.2) is 6.04 Å². The molecule has 0 aromatic rings. The minimum Gasteiger partial charge on any atom is -0.548 e. The van der Waals surface area contributed by atoms with E-state index in [-0.39, 0.29) is 35.6 Å². The summed E-state index contributed by atoms with van der Waals surface area (Å²) in [6.07, 6.45) is 4.04. The number of carboxylic acid groups (broad SMARTS) is 1. The number of carbonyl (C=O) groups is 3. The fourth-order valence-corrected chi connectivity index (χ4v) is 3.32. The van der Waals surface area contributed by atoms with Crippen molar-refractivity contribution >= 4 is 17.8 Å². The van der Waals surface area contributed by atoms with Crippen molar-refractivity contribution < 1.29 is 25.2 Å². The van der Waals surface area contributed by atoms with E-state index in [0.717, 1.165) is 19.3 Å². The molecular formula is C19H35N3O4. The molecule has 3 atom stereocenters. The van der Waals surface area contributed by atoms with Gasteiger partial charge in [-0.1, -0.05) is 27.7 Å². The highest BCUT2D eigenvalue weighted by Crippen LogP contribution is 2.28. The van der Waals surface area contributed by atoms with Crippen LogP contribution in [-0.2, 0) is 14.4 Å². The Morgan fingerprint density at radius 1 is 1.12 bits per heavy atom. The Bertz CT molecular complexity index is 487. The van der Waals surface area contributed by atoms with E-state index < -0.39 is 12.0 Å². The topological polar surface area (TPSA) is 126 Å². The first kappa shape index (κ1) is 22.4. The molecular weight excluding hydrogens is 334 g/mol. The number of aliphatic carboxylic acids is 1. The number of hydrogen-bond acceptors (Lipinski definition) is 4. The SMILES string of the molecule is CC[C@@H](C)[C@H]([NH3+])C(=O)NCC1CCC(C(=O)N[C@@H](C(=O)[O-])C(C)C)CC1. The smallest absolute Gasteiger partial charge is 0.278 e. The van der Waals surface area contributed by atoms with E-state index in [1.165, 1.54) is 0 Å². The van der Waals surface area contributed by atoms with Crippen LogP contribution in [0.1, 0.15) is 59.8 Å². The first-order chi connectivity index (χ1) is 12.2. The lowest BCUT2D eigenvalue weighted by atomic mass is 9.81. The van der Waals surface area contributed by atoms with Crippen LogP contribution < -0.4 is 21.5 Å². The molecule has 0 radical (unpaired) electrons. The molecule has 0 spiro atoms. The molecule has 26 heavy (non-hydrogen) atoms. The van der Waals surface area contributed by atoms with Crippen molar-refractivity contribution in [3.63, 3.8) is 0 Å². The summed E-state index contributed by atoms with van der Waals surface area (Å²) in [5.74, 6) is -1.21. The molecule has 150 valence electrons. The highest BCUT2D eigenvalue weighted by Gasteiger charge is 2.29. The summed E-state index contributed by atoms with van der Waals surface area (Å²) >= 11 is 0. The van der Waals surface area contributed by atoms with E-state index >= 15 is 0 Å². The van der Waals surface area contributed by atoms with Gasteiger partial charge in [0.05, 0.1) is 12.0 Å². The quantitative estimate of drug-likeness (QED) is 0.504. The van der Waals surface area contributed by atoms with Crippen molar-refractivity contribution in [3.05, 3.63) is 0 Å².